The van der Waals surface area contributed by atoms with Crippen LogP contribution in [0.15, 0.2) is 12.7 Å². The predicted molar refractivity (Wildman–Crippen MR) is 73.9 cm³/mol. The summed E-state index contributed by atoms with van der Waals surface area (Å²) in [5.74, 6) is -0.694. The lowest BCUT2D eigenvalue weighted by molar-refractivity contribution is -0.129. The molecular formula is C14H26N2O2. The topological polar surface area (TPSA) is 72.2 Å². The zero-order valence-corrected chi connectivity index (χ0v) is 11.6. The van der Waals surface area contributed by atoms with Crippen LogP contribution in [-0.4, -0.2) is 17.9 Å². The van der Waals surface area contributed by atoms with Crippen molar-refractivity contribution in [1.29, 1.82) is 0 Å². The molecular weight excluding hydrogens is 228 g/mol. The molecule has 0 bridgehead atoms. The maximum absolute atomic E-state index is 11.5. The molecule has 0 radical (unpaired) electrons. The van der Waals surface area contributed by atoms with E-state index in [-0.39, 0.29) is 11.8 Å². The highest BCUT2D eigenvalue weighted by Crippen LogP contribution is 2.08. The third kappa shape index (κ3) is 7.87. The maximum Gasteiger partial charge on any atom is 0.239 e. The number of hydrogen-bond acceptors (Lipinski definition) is 2. The van der Waals surface area contributed by atoms with E-state index < -0.39 is 11.9 Å². The van der Waals surface area contributed by atoms with E-state index in [2.05, 4.69) is 11.9 Å². The fourth-order valence-corrected chi connectivity index (χ4v) is 1.61. The lowest BCUT2D eigenvalue weighted by atomic mass is 10.0. The van der Waals surface area contributed by atoms with Crippen molar-refractivity contribution in [3.05, 3.63) is 12.7 Å². The Hall–Kier alpha value is -1.32. The Morgan fingerprint density at radius 1 is 1.22 bits per heavy atom. The lowest BCUT2D eigenvalue weighted by Gasteiger charge is -2.16. The average Bonchev–Trinajstić information content (AvgIpc) is 2.31. The molecule has 0 aliphatic heterocycles. The highest BCUT2D eigenvalue weighted by atomic mass is 16.2. The second-order valence-corrected chi connectivity index (χ2v) is 4.90. The minimum atomic E-state index is -0.528. The summed E-state index contributed by atoms with van der Waals surface area (Å²) in [6.45, 7) is 7.26. The number of rotatable bonds is 10. The van der Waals surface area contributed by atoms with Gasteiger partial charge in [0.15, 0.2) is 0 Å². The number of primary amides is 1. The van der Waals surface area contributed by atoms with Crippen LogP contribution in [-0.2, 0) is 9.59 Å². The van der Waals surface area contributed by atoms with E-state index in [0.29, 0.717) is 6.42 Å². The maximum atomic E-state index is 11.5. The quantitative estimate of drug-likeness (QED) is 0.463. The summed E-state index contributed by atoms with van der Waals surface area (Å²) in [6, 6.07) is -0.528. The molecule has 0 aliphatic rings. The fraction of sp³-hybridized carbons (Fsp3) is 0.714. The molecule has 4 nitrogen and oxygen atoms in total. The van der Waals surface area contributed by atoms with Crippen molar-refractivity contribution < 1.29 is 9.59 Å². The first-order chi connectivity index (χ1) is 8.49. The lowest BCUT2D eigenvalue weighted by Crippen LogP contribution is -2.45. The predicted octanol–water partition coefficient (Wildman–Crippen LogP) is 2.14. The first-order valence-electron chi connectivity index (χ1n) is 6.69. The molecule has 4 heteroatoms. The van der Waals surface area contributed by atoms with E-state index in [0.717, 1.165) is 32.1 Å². The molecule has 0 saturated heterocycles. The first kappa shape index (κ1) is 16.7. The standard InChI is InChI=1S/C14H26N2O2/c1-4-5-6-7-8-9-10-12(13(15)17)16-14(18)11(2)3/h4,11-12H,1,5-10H2,2-3H3,(H2,15,17)(H,16,18)/t12-/m0/s1. The zero-order chi connectivity index (χ0) is 14.0. The average molecular weight is 254 g/mol. The van der Waals surface area contributed by atoms with Crippen molar-refractivity contribution in [2.75, 3.05) is 0 Å². The van der Waals surface area contributed by atoms with Crippen molar-refractivity contribution in [2.24, 2.45) is 11.7 Å². The van der Waals surface area contributed by atoms with Gasteiger partial charge in [0.1, 0.15) is 6.04 Å². The molecule has 0 unspecified atom stereocenters. The van der Waals surface area contributed by atoms with Crippen LogP contribution in [0.2, 0.25) is 0 Å². The number of nitrogens with two attached hydrogens (primary N) is 1. The molecule has 0 spiro atoms. The number of allylic oxidation sites excluding steroid dienone is 1. The summed E-state index contributed by atoms with van der Waals surface area (Å²) in [5.41, 5.74) is 5.28. The molecule has 0 saturated carbocycles. The van der Waals surface area contributed by atoms with Gasteiger partial charge in [-0.2, -0.15) is 0 Å². The van der Waals surface area contributed by atoms with Gasteiger partial charge in [0.2, 0.25) is 11.8 Å². The van der Waals surface area contributed by atoms with Gasteiger partial charge >= 0.3 is 0 Å². The molecule has 18 heavy (non-hydrogen) atoms. The summed E-state index contributed by atoms with van der Waals surface area (Å²) >= 11 is 0. The van der Waals surface area contributed by atoms with Gasteiger partial charge in [-0.05, 0) is 19.3 Å². The second kappa shape index (κ2) is 9.68. The number of unbranched alkanes of at least 4 members (excludes halogenated alkanes) is 4. The fourth-order valence-electron chi connectivity index (χ4n) is 1.61. The number of amides is 2. The van der Waals surface area contributed by atoms with Gasteiger partial charge in [-0.15, -0.1) is 6.58 Å². The molecule has 2 amide bonds. The largest absolute Gasteiger partial charge is 0.368 e. The third-order valence-electron chi connectivity index (χ3n) is 2.84. The van der Waals surface area contributed by atoms with E-state index in [1.807, 2.05) is 6.08 Å². The Morgan fingerprint density at radius 3 is 2.33 bits per heavy atom. The third-order valence-corrected chi connectivity index (χ3v) is 2.84. The number of nitrogens with one attached hydrogen (secondary N) is 1. The summed E-state index contributed by atoms with van der Waals surface area (Å²) in [4.78, 5) is 22.7. The molecule has 0 rings (SSSR count). The SMILES string of the molecule is C=CCCCCCC[C@H](NC(=O)C(C)C)C(N)=O. The van der Waals surface area contributed by atoms with E-state index in [9.17, 15) is 9.59 Å². The molecule has 0 heterocycles. The van der Waals surface area contributed by atoms with Crippen LogP contribution in [0.5, 0.6) is 0 Å². The molecule has 0 fully saturated rings. The Labute approximate surface area is 110 Å². The van der Waals surface area contributed by atoms with Crippen molar-refractivity contribution in [2.45, 2.75) is 58.4 Å². The number of carbonyl (C=O) groups is 2. The number of hydrogen-bond donors (Lipinski definition) is 2. The normalized spacial score (nSPS) is 12.2. The van der Waals surface area contributed by atoms with Gasteiger partial charge < -0.3 is 11.1 Å². The number of carbonyl (C=O) groups excluding carboxylic acids is 2. The van der Waals surface area contributed by atoms with Crippen molar-refractivity contribution in [3.8, 4) is 0 Å². The van der Waals surface area contributed by atoms with Gasteiger partial charge in [-0.25, -0.2) is 0 Å². The van der Waals surface area contributed by atoms with Crippen molar-refractivity contribution in [3.63, 3.8) is 0 Å². The van der Waals surface area contributed by atoms with Crippen LogP contribution in [0.3, 0.4) is 0 Å². The highest BCUT2D eigenvalue weighted by Gasteiger charge is 2.18. The van der Waals surface area contributed by atoms with E-state index in [4.69, 9.17) is 5.73 Å². The highest BCUT2D eigenvalue weighted by molar-refractivity contribution is 5.87. The summed E-state index contributed by atoms with van der Waals surface area (Å²) < 4.78 is 0. The van der Waals surface area contributed by atoms with Gasteiger partial charge in [0.25, 0.3) is 0 Å². The molecule has 104 valence electrons. The Morgan fingerprint density at radius 2 is 1.83 bits per heavy atom. The van der Waals surface area contributed by atoms with Crippen LogP contribution in [0.25, 0.3) is 0 Å². The smallest absolute Gasteiger partial charge is 0.239 e. The van der Waals surface area contributed by atoms with E-state index >= 15 is 0 Å². The van der Waals surface area contributed by atoms with E-state index in [1.165, 1.54) is 0 Å². The molecule has 0 aromatic rings. The van der Waals surface area contributed by atoms with E-state index in [1.54, 1.807) is 13.8 Å². The molecule has 0 aromatic carbocycles. The van der Waals surface area contributed by atoms with Crippen LogP contribution in [0, 0.1) is 5.92 Å². The Balaban J connectivity index is 3.87. The minimum absolute atomic E-state index is 0.120. The molecule has 3 N–H and O–H groups in total. The van der Waals surface area contributed by atoms with Gasteiger partial charge in [0.05, 0.1) is 0 Å². The molecule has 1 atom stereocenters. The first-order valence-corrected chi connectivity index (χ1v) is 6.69. The van der Waals surface area contributed by atoms with Crippen LogP contribution in [0.1, 0.15) is 52.4 Å². The van der Waals surface area contributed by atoms with Gasteiger partial charge in [-0.1, -0.05) is 39.2 Å². The second-order valence-electron chi connectivity index (χ2n) is 4.90. The summed E-state index contributed by atoms with van der Waals surface area (Å²) in [6.07, 6.45) is 7.78. The molecule has 0 aromatic heterocycles. The summed E-state index contributed by atoms with van der Waals surface area (Å²) in [5, 5.41) is 2.69. The Bertz CT molecular complexity index is 275. The monoisotopic (exact) mass is 254 g/mol. The van der Waals surface area contributed by atoms with Gasteiger partial charge in [0, 0.05) is 5.92 Å². The van der Waals surface area contributed by atoms with Crippen molar-refractivity contribution in [1.82, 2.24) is 5.32 Å². The van der Waals surface area contributed by atoms with Crippen LogP contribution in [0.4, 0.5) is 0 Å². The van der Waals surface area contributed by atoms with Gasteiger partial charge in [-0.3, -0.25) is 9.59 Å². The van der Waals surface area contributed by atoms with Crippen molar-refractivity contribution >= 4 is 11.8 Å². The zero-order valence-electron chi connectivity index (χ0n) is 11.6. The molecule has 0 aliphatic carbocycles. The summed E-state index contributed by atoms with van der Waals surface area (Å²) in [7, 11) is 0. The Kier molecular flexibility index (Phi) is 8.97. The minimum Gasteiger partial charge on any atom is -0.368 e. The van der Waals surface area contributed by atoms with Crippen LogP contribution < -0.4 is 11.1 Å². The van der Waals surface area contributed by atoms with Crippen LogP contribution >= 0.6 is 0 Å².